The summed E-state index contributed by atoms with van der Waals surface area (Å²) >= 11 is 0. The van der Waals surface area contributed by atoms with Crippen LogP contribution in [0, 0.1) is 10.1 Å². The minimum Gasteiger partial charge on any atom is -0.416 e. The molecule has 0 aliphatic heterocycles. The van der Waals surface area contributed by atoms with Crippen LogP contribution in [0.15, 0.2) is 21.0 Å². The lowest BCUT2D eigenvalue weighted by atomic mass is 10.4. The zero-order chi connectivity index (χ0) is 11.7. The van der Waals surface area contributed by atoms with Gasteiger partial charge < -0.3 is 14.6 Å². The molecule has 1 unspecified atom stereocenters. The van der Waals surface area contributed by atoms with E-state index in [-0.39, 0.29) is 23.4 Å². The Morgan fingerprint density at radius 3 is 2.69 bits per heavy atom. The molecule has 16 heavy (non-hydrogen) atoms. The minimum atomic E-state index is -0.646. The molecule has 0 saturated carbocycles. The molecule has 2 N–H and O–H groups in total. The molecule has 0 spiro atoms. The van der Waals surface area contributed by atoms with Crippen molar-refractivity contribution in [1.29, 1.82) is 0 Å². The van der Waals surface area contributed by atoms with Crippen LogP contribution < -0.4 is 5.73 Å². The Morgan fingerprint density at radius 2 is 2.19 bits per heavy atom. The maximum atomic E-state index is 10.4. The van der Waals surface area contributed by atoms with Crippen molar-refractivity contribution in [3.05, 3.63) is 28.1 Å². The lowest BCUT2D eigenvalue weighted by Crippen LogP contribution is -2.04. The first-order valence-corrected chi connectivity index (χ1v) is 4.41. The molecule has 0 aromatic carbocycles. The molecule has 0 saturated heterocycles. The van der Waals surface area contributed by atoms with Crippen molar-refractivity contribution in [2.75, 3.05) is 0 Å². The second-order valence-corrected chi connectivity index (χ2v) is 3.13. The van der Waals surface area contributed by atoms with Crippen LogP contribution in [0.5, 0.6) is 0 Å². The van der Waals surface area contributed by atoms with E-state index in [2.05, 4.69) is 10.2 Å². The van der Waals surface area contributed by atoms with E-state index in [1.165, 1.54) is 12.1 Å². The molecule has 2 rings (SSSR count). The van der Waals surface area contributed by atoms with Gasteiger partial charge in [0.25, 0.3) is 5.89 Å². The Morgan fingerprint density at radius 1 is 1.44 bits per heavy atom. The lowest BCUT2D eigenvalue weighted by Gasteiger charge is -1.93. The van der Waals surface area contributed by atoms with E-state index in [0.717, 1.165) is 0 Å². The Bertz CT molecular complexity index is 516. The summed E-state index contributed by atoms with van der Waals surface area (Å²) in [5.74, 6) is 0.0797. The number of aromatic nitrogens is 2. The van der Waals surface area contributed by atoms with Crippen molar-refractivity contribution in [2.45, 2.75) is 13.0 Å². The largest absolute Gasteiger partial charge is 0.433 e. The number of nitrogens with two attached hydrogens (primary N) is 1. The van der Waals surface area contributed by atoms with Crippen molar-refractivity contribution < 1.29 is 13.8 Å². The van der Waals surface area contributed by atoms with Crippen LogP contribution in [-0.2, 0) is 0 Å². The number of furan rings is 1. The van der Waals surface area contributed by atoms with Crippen LogP contribution in [0.2, 0.25) is 0 Å². The second-order valence-electron chi connectivity index (χ2n) is 3.13. The summed E-state index contributed by atoms with van der Waals surface area (Å²) in [7, 11) is 0. The summed E-state index contributed by atoms with van der Waals surface area (Å²) in [6.45, 7) is 1.68. The van der Waals surface area contributed by atoms with Crippen molar-refractivity contribution in [3.63, 3.8) is 0 Å². The molecule has 8 nitrogen and oxygen atoms in total. The quantitative estimate of drug-likeness (QED) is 0.614. The number of hydrogen-bond donors (Lipinski definition) is 1. The van der Waals surface area contributed by atoms with Gasteiger partial charge in [-0.2, -0.15) is 0 Å². The van der Waals surface area contributed by atoms with E-state index < -0.39 is 11.0 Å². The van der Waals surface area contributed by atoms with Crippen LogP contribution in [0.25, 0.3) is 11.7 Å². The van der Waals surface area contributed by atoms with Gasteiger partial charge in [-0.05, 0) is 13.0 Å². The monoisotopic (exact) mass is 224 g/mol. The zero-order valence-corrected chi connectivity index (χ0v) is 8.28. The van der Waals surface area contributed by atoms with Gasteiger partial charge in [0.1, 0.15) is 4.92 Å². The molecule has 0 radical (unpaired) electrons. The Balaban J connectivity index is 2.31. The maximum absolute atomic E-state index is 10.4. The Kier molecular flexibility index (Phi) is 2.41. The first kappa shape index (κ1) is 10.3. The molecule has 8 heteroatoms. The predicted molar refractivity (Wildman–Crippen MR) is 51.3 cm³/mol. The van der Waals surface area contributed by atoms with Crippen molar-refractivity contribution in [2.24, 2.45) is 5.73 Å². The molecule has 2 aromatic rings. The van der Waals surface area contributed by atoms with Gasteiger partial charge in [-0.25, -0.2) is 0 Å². The third-order valence-corrected chi connectivity index (χ3v) is 1.81. The number of nitrogens with zero attached hydrogens (tertiary/aromatic N) is 3. The first-order valence-electron chi connectivity index (χ1n) is 4.41. The van der Waals surface area contributed by atoms with Crippen molar-refractivity contribution >= 4 is 5.88 Å². The number of hydrogen-bond acceptors (Lipinski definition) is 7. The van der Waals surface area contributed by atoms with E-state index in [1.807, 2.05) is 0 Å². The summed E-state index contributed by atoms with van der Waals surface area (Å²) in [5.41, 5.74) is 5.52. The first-order chi connectivity index (χ1) is 7.58. The average molecular weight is 224 g/mol. The lowest BCUT2D eigenvalue weighted by molar-refractivity contribution is -0.401. The summed E-state index contributed by atoms with van der Waals surface area (Å²) in [6, 6.07) is 2.20. The average Bonchev–Trinajstić information content (AvgIpc) is 2.86. The predicted octanol–water partition coefficient (Wildman–Crippen LogP) is 1.26. The minimum absolute atomic E-state index is 0.0698. The molecule has 84 valence electrons. The van der Waals surface area contributed by atoms with Crippen molar-refractivity contribution in [1.82, 2.24) is 10.2 Å². The molecule has 0 aliphatic carbocycles. The molecule has 2 heterocycles. The fourth-order valence-corrected chi connectivity index (χ4v) is 1.06. The maximum Gasteiger partial charge on any atom is 0.433 e. The normalized spacial score (nSPS) is 12.6. The van der Waals surface area contributed by atoms with Crippen LogP contribution in [0.4, 0.5) is 5.88 Å². The van der Waals surface area contributed by atoms with E-state index in [0.29, 0.717) is 0 Å². The fourth-order valence-electron chi connectivity index (χ4n) is 1.06. The van der Waals surface area contributed by atoms with Gasteiger partial charge in [-0.3, -0.25) is 10.1 Å². The fraction of sp³-hybridized carbons (Fsp3) is 0.250. The molecule has 1 atom stereocenters. The van der Waals surface area contributed by atoms with Gasteiger partial charge in [-0.1, -0.05) is 0 Å². The standard InChI is InChI=1S/C8H8N4O4/c1-4(9)7-10-11-8(16-7)5-2-3-6(15-5)12(13)14/h2-4H,9H2,1H3. The van der Waals surface area contributed by atoms with Gasteiger partial charge in [0.05, 0.1) is 12.1 Å². The molecule has 2 aromatic heterocycles. The highest BCUT2D eigenvalue weighted by Crippen LogP contribution is 2.25. The third kappa shape index (κ3) is 1.77. The van der Waals surface area contributed by atoms with Gasteiger partial charge in [0, 0.05) is 0 Å². The summed E-state index contributed by atoms with van der Waals surface area (Å²) in [4.78, 5) is 9.74. The van der Waals surface area contributed by atoms with Gasteiger partial charge >= 0.3 is 5.88 Å². The van der Waals surface area contributed by atoms with Crippen LogP contribution in [0.3, 0.4) is 0 Å². The van der Waals surface area contributed by atoms with E-state index in [4.69, 9.17) is 14.6 Å². The smallest absolute Gasteiger partial charge is 0.416 e. The molecule has 0 amide bonds. The SMILES string of the molecule is CC(N)c1nnc(-c2ccc([N+](=O)[O-])o2)o1. The van der Waals surface area contributed by atoms with Crippen LogP contribution >= 0.6 is 0 Å². The summed E-state index contributed by atoms with van der Waals surface area (Å²) < 4.78 is 10.0. The molecule has 0 fully saturated rings. The highest BCUT2D eigenvalue weighted by atomic mass is 16.6. The van der Waals surface area contributed by atoms with Gasteiger partial charge in [-0.15, -0.1) is 10.2 Å². The summed E-state index contributed by atoms with van der Waals surface area (Å²) in [6.07, 6.45) is 0. The third-order valence-electron chi connectivity index (χ3n) is 1.81. The van der Waals surface area contributed by atoms with E-state index >= 15 is 0 Å². The molecular formula is C8H8N4O4. The molecular weight excluding hydrogens is 216 g/mol. The van der Waals surface area contributed by atoms with Crippen molar-refractivity contribution in [3.8, 4) is 11.7 Å². The van der Waals surface area contributed by atoms with E-state index in [9.17, 15) is 10.1 Å². The molecule has 0 bridgehead atoms. The number of nitro groups is 1. The highest BCUT2D eigenvalue weighted by molar-refractivity contribution is 5.46. The summed E-state index contributed by atoms with van der Waals surface area (Å²) in [5, 5.41) is 17.7. The van der Waals surface area contributed by atoms with Crippen LogP contribution in [0.1, 0.15) is 18.9 Å². The van der Waals surface area contributed by atoms with E-state index in [1.54, 1.807) is 6.92 Å². The molecule has 0 aliphatic rings. The number of rotatable bonds is 3. The highest BCUT2D eigenvalue weighted by Gasteiger charge is 2.18. The zero-order valence-electron chi connectivity index (χ0n) is 8.28. The van der Waals surface area contributed by atoms with Gasteiger partial charge in [0.15, 0.2) is 5.76 Å². The Hall–Kier alpha value is -2.22. The second kappa shape index (κ2) is 3.74. The van der Waals surface area contributed by atoms with Crippen LogP contribution in [-0.4, -0.2) is 15.1 Å². The topological polar surface area (TPSA) is 121 Å². The van der Waals surface area contributed by atoms with Gasteiger partial charge in [0.2, 0.25) is 5.89 Å². The Labute approximate surface area is 89.2 Å².